The van der Waals surface area contributed by atoms with Gasteiger partial charge in [0.25, 0.3) is 5.56 Å². The second-order valence-corrected chi connectivity index (χ2v) is 8.62. The molecule has 0 unspecified atom stereocenters. The zero-order valence-electron chi connectivity index (χ0n) is 19.0. The number of aliphatic hydroxyl groups excluding tert-OH is 1. The van der Waals surface area contributed by atoms with E-state index in [1.807, 2.05) is 23.6 Å². The Bertz CT molecular complexity index is 1570. The van der Waals surface area contributed by atoms with Crippen molar-refractivity contribution < 1.29 is 14.6 Å². The number of ketones is 1. The Balaban J connectivity index is 1.35. The molecule has 5 aromatic rings. The minimum atomic E-state index is -0.306. The van der Waals surface area contributed by atoms with Crippen LogP contribution in [0.25, 0.3) is 22.3 Å². The van der Waals surface area contributed by atoms with Gasteiger partial charge >= 0.3 is 0 Å². The summed E-state index contributed by atoms with van der Waals surface area (Å²) in [6.07, 6.45) is 1.54. The van der Waals surface area contributed by atoms with Crippen molar-refractivity contribution in [2.24, 2.45) is 0 Å². The van der Waals surface area contributed by atoms with Gasteiger partial charge in [-0.15, -0.1) is 11.3 Å². The van der Waals surface area contributed by atoms with Crippen LogP contribution in [0.15, 0.2) is 77.0 Å². The van der Waals surface area contributed by atoms with Crippen LogP contribution >= 0.6 is 11.3 Å². The van der Waals surface area contributed by atoms with E-state index in [1.54, 1.807) is 48.7 Å². The molecule has 0 radical (unpaired) electrons. The Morgan fingerprint density at radius 1 is 1.03 bits per heavy atom. The van der Waals surface area contributed by atoms with Gasteiger partial charge in [-0.05, 0) is 30.3 Å². The molecule has 0 bridgehead atoms. The van der Waals surface area contributed by atoms with Crippen molar-refractivity contribution in [2.45, 2.75) is 6.61 Å². The molecule has 0 saturated heterocycles. The molecule has 0 aliphatic carbocycles. The molecule has 2 aromatic carbocycles. The smallest absolute Gasteiger partial charge is 0.258 e. The summed E-state index contributed by atoms with van der Waals surface area (Å²) in [4.78, 5) is 41.5. The van der Waals surface area contributed by atoms with E-state index in [4.69, 9.17) is 9.84 Å². The highest BCUT2D eigenvalue weighted by Gasteiger charge is 2.15. The minimum absolute atomic E-state index is 0.00617. The molecule has 5 rings (SSSR count). The lowest BCUT2D eigenvalue weighted by Crippen LogP contribution is -2.14. The molecule has 36 heavy (non-hydrogen) atoms. The average Bonchev–Trinajstić information content (AvgIpc) is 3.39. The molecule has 0 amide bonds. The van der Waals surface area contributed by atoms with Crippen LogP contribution in [0.1, 0.15) is 21.7 Å². The van der Waals surface area contributed by atoms with E-state index in [0.29, 0.717) is 56.7 Å². The maximum absolute atomic E-state index is 12.7. The van der Waals surface area contributed by atoms with Crippen molar-refractivity contribution in [3.05, 3.63) is 99.5 Å². The summed E-state index contributed by atoms with van der Waals surface area (Å²) in [5, 5.41) is 14.9. The summed E-state index contributed by atoms with van der Waals surface area (Å²) in [5.74, 6) is 0.798. The number of ether oxygens (including phenoxy) is 1. The van der Waals surface area contributed by atoms with Crippen LogP contribution in [0.2, 0.25) is 0 Å². The number of fused-ring (bicyclic) bond motifs is 1. The number of aliphatic hydroxyl groups is 1. The quantitative estimate of drug-likeness (QED) is 0.262. The lowest BCUT2D eigenvalue weighted by Gasteiger charge is -2.08. The van der Waals surface area contributed by atoms with E-state index >= 15 is 0 Å². The summed E-state index contributed by atoms with van der Waals surface area (Å²) < 4.78 is 5.82. The number of pyridine rings is 1. The van der Waals surface area contributed by atoms with Crippen LogP contribution in [0, 0.1) is 0 Å². The topological polar surface area (TPSA) is 130 Å². The fourth-order valence-corrected chi connectivity index (χ4v) is 4.33. The highest BCUT2D eigenvalue weighted by Crippen LogP contribution is 2.27. The fourth-order valence-electron chi connectivity index (χ4n) is 3.60. The Labute approximate surface area is 209 Å². The predicted molar refractivity (Wildman–Crippen MR) is 137 cm³/mol. The summed E-state index contributed by atoms with van der Waals surface area (Å²) >= 11 is 1.37. The van der Waals surface area contributed by atoms with Crippen LogP contribution in [-0.4, -0.2) is 44.0 Å². The number of benzene rings is 2. The molecule has 0 aliphatic heterocycles. The molecule has 0 fully saturated rings. The highest BCUT2D eigenvalue weighted by molar-refractivity contribution is 7.14. The minimum Gasteiger partial charge on any atom is -0.486 e. The zero-order chi connectivity index (χ0) is 24.9. The van der Waals surface area contributed by atoms with Crippen molar-refractivity contribution >= 4 is 33.2 Å². The van der Waals surface area contributed by atoms with Crippen molar-refractivity contribution in [3.63, 3.8) is 0 Å². The van der Waals surface area contributed by atoms with Crippen molar-refractivity contribution in [3.8, 4) is 17.1 Å². The third-order valence-electron chi connectivity index (χ3n) is 5.34. The maximum atomic E-state index is 12.7. The third kappa shape index (κ3) is 4.99. The lowest BCUT2D eigenvalue weighted by atomic mass is 10.0. The normalized spacial score (nSPS) is 10.9. The molecular formula is C26H21N5O4S. The van der Waals surface area contributed by atoms with Crippen molar-refractivity contribution in [1.29, 1.82) is 0 Å². The van der Waals surface area contributed by atoms with Crippen LogP contribution in [0.4, 0.5) is 5.13 Å². The van der Waals surface area contributed by atoms with E-state index in [1.165, 1.54) is 11.3 Å². The molecule has 3 heterocycles. The Hall–Kier alpha value is -4.41. The molecule has 0 aliphatic rings. The largest absolute Gasteiger partial charge is 0.486 e. The molecule has 3 aromatic heterocycles. The van der Waals surface area contributed by atoms with Gasteiger partial charge in [0.2, 0.25) is 0 Å². The van der Waals surface area contributed by atoms with Crippen LogP contribution < -0.4 is 15.6 Å². The number of aromatic amines is 1. The number of hydrogen-bond donors (Lipinski definition) is 3. The van der Waals surface area contributed by atoms with Gasteiger partial charge in [-0.25, -0.2) is 9.97 Å². The summed E-state index contributed by atoms with van der Waals surface area (Å²) in [5.41, 5.74) is 2.34. The molecule has 10 heteroatoms. The van der Waals surface area contributed by atoms with Gasteiger partial charge in [0.05, 0.1) is 12.0 Å². The molecule has 180 valence electrons. The van der Waals surface area contributed by atoms with Gasteiger partial charge in [0, 0.05) is 29.2 Å². The van der Waals surface area contributed by atoms with Gasteiger partial charge in [0.15, 0.2) is 10.9 Å². The Morgan fingerprint density at radius 3 is 2.58 bits per heavy atom. The number of thiazole rings is 1. The molecule has 0 atom stereocenters. The first-order valence-corrected chi connectivity index (χ1v) is 12.0. The van der Waals surface area contributed by atoms with Crippen LogP contribution in [0.5, 0.6) is 5.75 Å². The SMILES string of the molecule is O=C(c1ccccc1)c1ccc(OCc2nc3c(-c4csc(NCCO)n4)nccc3c(=O)[nH]2)cc1. The first-order valence-electron chi connectivity index (χ1n) is 11.1. The van der Waals surface area contributed by atoms with Crippen LogP contribution in [0.3, 0.4) is 0 Å². The van der Waals surface area contributed by atoms with Gasteiger partial charge < -0.3 is 20.1 Å². The molecule has 0 saturated carbocycles. The van der Waals surface area contributed by atoms with Crippen LogP contribution in [-0.2, 0) is 6.61 Å². The second kappa shape index (κ2) is 10.5. The highest BCUT2D eigenvalue weighted by atomic mass is 32.1. The number of anilines is 1. The number of H-pyrrole nitrogens is 1. The second-order valence-electron chi connectivity index (χ2n) is 7.76. The van der Waals surface area contributed by atoms with Gasteiger partial charge in [-0.3, -0.25) is 14.6 Å². The summed E-state index contributed by atoms with van der Waals surface area (Å²) in [7, 11) is 0. The van der Waals surface area contributed by atoms with E-state index < -0.39 is 0 Å². The fraction of sp³-hybridized carbons (Fsp3) is 0.115. The lowest BCUT2D eigenvalue weighted by molar-refractivity contribution is 0.103. The predicted octanol–water partition coefficient (Wildman–Crippen LogP) is 3.66. The average molecular weight is 500 g/mol. The van der Waals surface area contributed by atoms with E-state index in [-0.39, 0.29) is 24.6 Å². The molecule has 0 spiro atoms. The summed E-state index contributed by atoms with van der Waals surface area (Å²) in [6, 6.07) is 17.5. The van der Waals surface area contributed by atoms with E-state index in [9.17, 15) is 9.59 Å². The number of aromatic nitrogens is 4. The number of carbonyl (C=O) groups excluding carboxylic acids is 1. The van der Waals surface area contributed by atoms with Gasteiger partial charge in [-0.1, -0.05) is 30.3 Å². The number of nitrogens with one attached hydrogen (secondary N) is 2. The van der Waals surface area contributed by atoms with E-state index in [2.05, 4.69) is 25.3 Å². The van der Waals surface area contributed by atoms with Crippen molar-refractivity contribution in [1.82, 2.24) is 19.9 Å². The molecule has 9 nitrogen and oxygen atoms in total. The Kier molecular flexibility index (Phi) is 6.78. The standard InChI is InChI=1S/C26H21N5O4S/c32-13-12-28-26-29-20(15-36-26)23-22-19(10-11-27-23)25(34)31-21(30-22)14-35-18-8-6-17(7-9-18)24(33)16-4-2-1-3-5-16/h1-11,15,32H,12-14H2,(H,28,29)(H,30,31,34). The maximum Gasteiger partial charge on any atom is 0.258 e. The van der Waals surface area contributed by atoms with E-state index in [0.717, 1.165) is 0 Å². The summed E-state index contributed by atoms with van der Waals surface area (Å²) in [6.45, 7) is 0.399. The van der Waals surface area contributed by atoms with Crippen molar-refractivity contribution in [2.75, 3.05) is 18.5 Å². The number of nitrogens with zero attached hydrogens (tertiary/aromatic N) is 3. The first-order chi connectivity index (χ1) is 17.6. The number of carbonyl (C=O) groups is 1. The number of hydrogen-bond acceptors (Lipinski definition) is 9. The Morgan fingerprint density at radius 2 is 1.81 bits per heavy atom. The molecular weight excluding hydrogens is 478 g/mol. The monoisotopic (exact) mass is 499 g/mol. The first kappa shape index (κ1) is 23.3. The zero-order valence-corrected chi connectivity index (χ0v) is 19.8. The van der Waals surface area contributed by atoms with Gasteiger partial charge in [-0.2, -0.15) is 0 Å². The third-order valence-corrected chi connectivity index (χ3v) is 6.14. The number of rotatable bonds is 9. The molecule has 3 N–H and O–H groups in total. The van der Waals surface area contributed by atoms with Gasteiger partial charge in [0.1, 0.15) is 35.1 Å².